The van der Waals surface area contributed by atoms with Gasteiger partial charge in [0.05, 0.1) is 24.1 Å². The number of methoxy groups -OCH3 is 1. The summed E-state index contributed by atoms with van der Waals surface area (Å²) in [6.07, 6.45) is 0. The zero-order valence-electron chi connectivity index (χ0n) is 10.2. The largest absolute Gasteiger partial charge is 0.496 e. The summed E-state index contributed by atoms with van der Waals surface area (Å²) in [6.45, 7) is 1.68. The molecule has 4 heteroatoms. The third-order valence-corrected chi connectivity index (χ3v) is 2.70. The van der Waals surface area contributed by atoms with Crippen molar-refractivity contribution in [3.05, 3.63) is 47.7 Å². The Morgan fingerprint density at radius 1 is 1.22 bits per heavy atom. The van der Waals surface area contributed by atoms with Crippen LogP contribution in [0.3, 0.4) is 0 Å². The number of aromatic carboxylic acids is 1. The average Bonchev–Trinajstić information content (AvgIpc) is 2.38. The van der Waals surface area contributed by atoms with E-state index < -0.39 is 5.97 Å². The van der Waals surface area contributed by atoms with Crippen LogP contribution in [0.15, 0.2) is 36.4 Å². The van der Waals surface area contributed by atoms with Crippen molar-refractivity contribution in [2.24, 2.45) is 0 Å². The Hall–Kier alpha value is -2.36. The molecule has 92 valence electrons. The molecule has 1 aromatic carbocycles. The molecule has 18 heavy (non-hydrogen) atoms. The smallest absolute Gasteiger partial charge is 0.337 e. The maximum atomic E-state index is 10.9. The minimum atomic E-state index is -0.966. The van der Waals surface area contributed by atoms with Crippen molar-refractivity contribution in [1.82, 2.24) is 4.98 Å². The Morgan fingerprint density at radius 3 is 2.56 bits per heavy atom. The minimum Gasteiger partial charge on any atom is -0.496 e. The highest BCUT2D eigenvalue weighted by molar-refractivity contribution is 5.89. The number of aromatic nitrogens is 1. The van der Waals surface area contributed by atoms with E-state index in [1.54, 1.807) is 26.2 Å². The van der Waals surface area contributed by atoms with Crippen LogP contribution in [0.1, 0.15) is 16.1 Å². The van der Waals surface area contributed by atoms with Gasteiger partial charge in [-0.25, -0.2) is 4.79 Å². The van der Waals surface area contributed by atoms with Crippen LogP contribution >= 0.6 is 0 Å². The molecule has 0 atom stereocenters. The monoisotopic (exact) mass is 243 g/mol. The Morgan fingerprint density at radius 2 is 1.94 bits per heavy atom. The van der Waals surface area contributed by atoms with Crippen LogP contribution in [0, 0.1) is 6.92 Å². The number of carbonyl (C=O) groups is 1. The summed E-state index contributed by atoms with van der Waals surface area (Å²) in [5.41, 5.74) is 2.26. The van der Waals surface area contributed by atoms with Gasteiger partial charge in [-0.1, -0.05) is 12.1 Å². The van der Waals surface area contributed by atoms with Crippen LogP contribution in [0.5, 0.6) is 5.75 Å². The standard InChI is InChI=1S/C14H13NO3/c1-9-10(14(16)17)7-8-12(15-9)11-5-3-4-6-13(11)18-2/h3-8H,1-2H3,(H,16,17). The maximum Gasteiger partial charge on any atom is 0.337 e. The molecule has 0 bridgehead atoms. The van der Waals surface area contributed by atoms with Crippen LogP contribution in [-0.2, 0) is 0 Å². The molecule has 0 spiro atoms. The molecule has 0 saturated carbocycles. The lowest BCUT2D eigenvalue weighted by molar-refractivity contribution is 0.0695. The summed E-state index contributed by atoms with van der Waals surface area (Å²) in [6, 6.07) is 10.8. The zero-order chi connectivity index (χ0) is 13.1. The van der Waals surface area contributed by atoms with E-state index in [-0.39, 0.29) is 5.56 Å². The normalized spacial score (nSPS) is 10.1. The second kappa shape index (κ2) is 4.87. The van der Waals surface area contributed by atoms with Gasteiger partial charge in [-0.05, 0) is 31.2 Å². The van der Waals surface area contributed by atoms with E-state index in [2.05, 4.69) is 4.98 Å². The van der Waals surface area contributed by atoms with Gasteiger partial charge in [0.25, 0.3) is 0 Å². The molecule has 4 nitrogen and oxygen atoms in total. The first-order valence-electron chi connectivity index (χ1n) is 5.48. The predicted octanol–water partition coefficient (Wildman–Crippen LogP) is 2.76. The predicted molar refractivity (Wildman–Crippen MR) is 67.9 cm³/mol. The lowest BCUT2D eigenvalue weighted by Crippen LogP contribution is -2.02. The highest BCUT2D eigenvalue weighted by atomic mass is 16.5. The van der Waals surface area contributed by atoms with Gasteiger partial charge in [-0.15, -0.1) is 0 Å². The van der Waals surface area contributed by atoms with Crippen molar-refractivity contribution in [2.45, 2.75) is 6.92 Å². The molecule has 0 unspecified atom stereocenters. The van der Waals surface area contributed by atoms with E-state index in [0.717, 1.165) is 5.56 Å². The first-order chi connectivity index (χ1) is 8.63. The summed E-state index contributed by atoms with van der Waals surface area (Å²) in [5.74, 6) is -0.251. The van der Waals surface area contributed by atoms with Crippen LogP contribution < -0.4 is 4.74 Å². The Kier molecular flexibility index (Phi) is 3.28. The van der Waals surface area contributed by atoms with Gasteiger partial charge in [0.15, 0.2) is 0 Å². The summed E-state index contributed by atoms with van der Waals surface area (Å²) >= 11 is 0. The number of hydrogen-bond donors (Lipinski definition) is 1. The van der Waals surface area contributed by atoms with E-state index in [4.69, 9.17) is 9.84 Å². The Labute approximate surface area is 105 Å². The maximum absolute atomic E-state index is 10.9. The van der Waals surface area contributed by atoms with Gasteiger partial charge < -0.3 is 9.84 Å². The molecule has 0 saturated heterocycles. The van der Waals surface area contributed by atoms with Gasteiger partial charge in [0.2, 0.25) is 0 Å². The van der Waals surface area contributed by atoms with E-state index in [0.29, 0.717) is 17.1 Å². The second-order valence-electron chi connectivity index (χ2n) is 3.83. The highest BCUT2D eigenvalue weighted by Gasteiger charge is 2.11. The SMILES string of the molecule is COc1ccccc1-c1ccc(C(=O)O)c(C)n1. The molecule has 2 aromatic rings. The number of benzene rings is 1. The molecule has 0 aliphatic rings. The zero-order valence-corrected chi connectivity index (χ0v) is 10.2. The lowest BCUT2D eigenvalue weighted by Gasteiger charge is -2.09. The number of ether oxygens (including phenoxy) is 1. The van der Waals surface area contributed by atoms with E-state index in [9.17, 15) is 4.79 Å². The summed E-state index contributed by atoms with van der Waals surface area (Å²) in [5, 5.41) is 8.96. The number of rotatable bonds is 3. The van der Waals surface area contributed by atoms with Gasteiger partial charge in [0.1, 0.15) is 5.75 Å². The molecule has 1 aromatic heterocycles. The summed E-state index contributed by atoms with van der Waals surface area (Å²) < 4.78 is 5.26. The van der Waals surface area contributed by atoms with Crippen molar-refractivity contribution in [2.75, 3.05) is 7.11 Å². The van der Waals surface area contributed by atoms with Crippen LogP contribution in [0.25, 0.3) is 11.3 Å². The lowest BCUT2D eigenvalue weighted by atomic mass is 10.1. The Balaban J connectivity index is 2.52. The molecular weight excluding hydrogens is 230 g/mol. The van der Waals surface area contributed by atoms with Crippen LogP contribution in [-0.4, -0.2) is 23.2 Å². The van der Waals surface area contributed by atoms with Crippen LogP contribution in [0.4, 0.5) is 0 Å². The van der Waals surface area contributed by atoms with Gasteiger partial charge in [0, 0.05) is 5.56 Å². The Bertz CT molecular complexity index is 593. The number of nitrogens with zero attached hydrogens (tertiary/aromatic N) is 1. The van der Waals surface area contributed by atoms with Crippen molar-refractivity contribution in [3.8, 4) is 17.0 Å². The number of hydrogen-bond acceptors (Lipinski definition) is 3. The van der Waals surface area contributed by atoms with Gasteiger partial charge >= 0.3 is 5.97 Å². The topological polar surface area (TPSA) is 59.4 Å². The minimum absolute atomic E-state index is 0.216. The quantitative estimate of drug-likeness (QED) is 0.900. The number of para-hydroxylation sites is 1. The van der Waals surface area contributed by atoms with Crippen molar-refractivity contribution in [3.63, 3.8) is 0 Å². The molecule has 0 amide bonds. The first-order valence-corrected chi connectivity index (χ1v) is 5.48. The third-order valence-electron chi connectivity index (χ3n) is 2.70. The number of carboxylic acids is 1. The molecule has 0 aliphatic carbocycles. The van der Waals surface area contributed by atoms with Gasteiger partial charge in [-0.2, -0.15) is 0 Å². The molecule has 1 N–H and O–H groups in total. The van der Waals surface area contributed by atoms with E-state index in [1.807, 2.05) is 24.3 Å². The van der Waals surface area contributed by atoms with Crippen molar-refractivity contribution >= 4 is 5.97 Å². The van der Waals surface area contributed by atoms with E-state index in [1.165, 1.54) is 0 Å². The molecule has 2 rings (SSSR count). The molecule has 1 heterocycles. The fraction of sp³-hybridized carbons (Fsp3) is 0.143. The van der Waals surface area contributed by atoms with Crippen LogP contribution in [0.2, 0.25) is 0 Å². The molecular formula is C14H13NO3. The van der Waals surface area contributed by atoms with Crippen molar-refractivity contribution in [1.29, 1.82) is 0 Å². The number of aryl methyl sites for hydroxylation is 1. The molecule has 0 radical (unpaired) electrons. The first kappa shape index (κ1) is 12.1. The average molecular weight is 243 g/mol. The second-order valence-corrected chi connectivity index (χ2v) is 3.83. The summed E-state index contributed by atoms with van der Waals surface area (Å²) in [7, 11) is 1.59. The fourth-order valence-electron chi connectivity index (χ4n) is 1.79. The highest BCUT2D eigenvalue weighted by Crippen LogP contribution is 2.28. The van der Waals surface area contributed by atoms with Gasteiger partial charge in [-0.3, -0.25) is 4.98 Å². The summed E-state index contributed by atoms with van der Waals surface area (Å²) in [4.78, 5) is 15.2. The molecule has 0 aliphatic heterocycles. The number of carboxylic acid groups (broad SMARTS) is 1. The number of pyridine rings is 1. The fourth-order valence-corrected chi connectivity index (χ4v) is 1.79. The van der Waals surface area contributed by atoms with Crippen molar-refractivity contribution < 1.29 is 14.6 Å². The van der Waals surface area contributed by atoms with E-state index >= 15 is 0 Å². The third kappa shape index (κ3) is 2.18. The molecule has 0 fully saturated rings.